The number of piperidine rings is 1. The van der Waals surface area contributed by atoms with Crippen molar-refractivity contribution in [3.63, 3.8) is 0 Å². The summed E-state index contributed by atoms with van der Waals surface area (Å²) in [5.74, 6) is -0.169. The Labute approximate surface area is 167 Å². The predicted molar refractivity (Wildman–Crippen MR) is 107 cm³/mol. The lowest BCUT2D eigenvalue weighted by Gasteiger charge is -2.43. The molecule has 2 N–H and O–H groups in total. The van der Waals surface area contributed by atoms with Crippen molar-refractivity contribution in [2.45, 2.75) is 24.8 Å². The van der Waals surface area contributed by atoms with Gasteiger partial charge in [-0.25, -0.2) is 9.80 Å². The molecule has 1 spiro atoms. The van der Waals surface area contributed by atoms with Crippen LogP contribution in [0, 0.1) is 10.1 Å². The molecule has 2 heterocycles. The number of nitro groups is 1. The van der Waals surface area contributed by atoms with E-state index in [4.69, 9.17) is 0 Å². The highest BCUT2D eigenvalue weighted by molar-refractivity contribution is 5.94. The molecule has 2 aromatic rings. The number of nitrogens with one attached hydrogen (secondary N) is 2. The lowest BCUT2D eigenvalue weighted by atomic mass is 9.84. The molecule has 150 valence electrons. The molecule has 0 bridgehead atoms. The number of rotatable bonds is 3. The average Bonchev–Trinajstić information content (AvgIpc) is 3.05. The molecule has 3 amide bonds. The molecule has 0 radical (unpaired) electrons. The minimum absolute atomic E-state index is 0.0524. The van der Waals surface area contributed by atoms with Gasteiger partial charge in [-0.05, 0) is 37.1 Å². The number of carbonyl (C=O) groups is 2. The Bertz CT molecular complexity index is 924. The normalized spacial score (nSPS) is 17.9. The van der Waals surface area contributed by atoms with Crippen molar-refractivity contribution in [2.24, 2.45) is 0 Å². The summed E-state index contributed by atoms with van der Waals surface area (Å²) in [5, 5.41) is 15.1. The highest BCUT2D eigenvalue weighted by Crippen LogP contribution is 2.37. The van der Waals surface area contributed by atoms with Gasteiger partial charge in [0.2, 0.25) is 5.91 Å². The second-order valence-corrected chi connectivity index (χ2v) is 7.33. The van der Waals surface area contributed by atoms with Crippen LogP contribution in [0.2, 0.25) is 0 Å². The van der Waals surface area contributed by atoms with Crippen LogP contribution in [-0.2, 0) is 4.79 Å². The van der Waals surface area contributed by atoms with Gasteiger partial charge in [0.1, 0.15) is 0 Å². The van der Waals surface area contributed by atoms with Gasteiger partial charge in [-0.2, -0.15) is 0 Å². The standard InChI is InChI=1S/C20H21N5O4/c26-18-14-20(24(22-18)19(27)21-15-4-2-1-3-5-15)10-12-23(13-11-20)16-6-8-17(9-7-16)25(28)29/h1-9H,10-14H2,(H,21,27)(H,22,26). The lowest BCUT2D eigenvalue weighted by Crippen LogP contribution is -2.58. The third kappa shape index (κ3) is 3.71. The third-order valence-corrected chi connectivity index (χ3v) is 5.55. The van der Waals surface area contributed by atoms with Gasteiger partial charge in [0, 0.05) is 36.6 Å². The van der Waals surface area contributed by atoms with Crippen LogP contribution in [0.3, 0.4) is 0 Å². The lowest BCUT2D eigenvalue weighted by molar-refractivity contribution is -0.384. The van der Waals surface area contributed by atoms with Gasteiger partial charge in [-0.15, -0.1) is 0 Å². The molecule has 9 nitrogen and oxygen atoms in total. The van der Waals surface area contributed by atoms with Crippen LogP contribution < -0.4 is 15.6 Å². The molecule has 2 saturated heterocycles. The molecule has 0 atom stereocenters. The Morgan fingerprint density at radius 2 is 1.72 bits per heavy atom. The van der Waals surface area contributed by atoms with E-state index in [2.05, 4.69) is 15.6 Å². The summed E-state index contributed by atoms with van der Waals surface area (Å²) in [6.45, 7) is 1.28. The average molecular weight is 395 g/mol. The number of hydrogen-bond acceptors (Lipinski definition) is 5. The number of carbonyl (C=O) groups excluding carboxylic acids is 2. The number of hydrazine groups is 1. The number of nitro benzene ring substituents is 1. The van der Waals surface area contributed by atoms with Crippen LogP contribution in [0.15, 0.2) is 54.6 Å². The van der Waals surface area contributed by atoms with Crippen molar-refractivity contribution in [2.75, 3.05) is 23.3 Å². The smallest absolute Gasteiger partial charge is 0.341 e. The molecular formula is C20H21N5O4. The fourth-order valence-electron chi connectivity index (χ4n) is 3.99. The SMILES string of the molecule is O=C1CC2(CCN(c3ccc([N+](=O)[O-])cc3)CC2)N(C(=O)Nc2ccccc2)N1. The Kier molecular flexibility index (Phi) is 4.79. The number of amides is 3. The minimum atomic E-state index is -0.576. The van der Waals surface area contributed by atoms with Crippen molar-refractivity contribution >= 4 is 29.0 Å². The topological polar surface area (TPSA) is 108 Å². The van der Waals surface area contributed by atoms with Crippen LogP contribution in [0.5, 0.6) is 0 Å². The Hall–Kier alpha value is -3.62. The second kappa shape index (κ2) is 7.42. The van der Waals surface area contributed by atoms with Gasteiger partial charge in [0.15, 0.2) is 0 Å². The number of para-hydroxylation sites is 1. The van der Waals surface area contributed by atoms with E-state index in [-0.39, 0.29) is 24.0 Å². The van der Waals surface area contributed by atoms with E-state index in [0.717, 1.165) is 5.69 Å². The van der Waals surface area contributed by atoms with Crippen LogP contribution in [0.1, 0.15) is 19.3 Å². The first-order chi connectivity index (χ1) is 14.0. The number of hydrogen-bond donors (Lipinski definition) is 2. The van der Waals surface area contributed by atoms with Gasteiger partial charge < -0.3 is 10.2 Å². The molecule has 0 saturated carbocycles. The Morgan fingerprint density at radius 1 is 1.07 bits per heavy atom. The van der Waals surface area contributed by atoms with Crippen molar-refractivity contribution in [3.8, 4) is 0 Å². The molecule has 2 aliphatic heterocycles. The fraction of sp³-hybridized carbons (Fsp3) is 0.300. The maximum atomic E-state index is 12.8. The molecule has 9 heteroatoms. The molecule has 2 fully saturated rings. The summed E-state index contributed by atoms with van der Waals surface area (Å²) in [4.78, 5) is 37.5. The monoisotopic (exact) mass is 395 g/mol. The summed E-state index contributed by atoms with van der Waals surface area (Å²) >= 11 is 0. The van der Waals surface area contributed by atoms with E-state index in [1.165, 1.54) is 17.1 Å². The number of non-ortho nitro benzene ring substituents is 1. The highest BCUT2D eigenvalue weighted by Gasteiger charge is 2.49. The zero-order chi connectivity index (χ0) is 20.4. The molecular weight excluding hydrogens is 374 g/mol. The second-order valence-electron chi connectivity index (χ2n) is 7.33. The van der Waals surface area contributed by atoms with Crippen molar-refractivity contribution < 1.29 is 14.5 Å². The number of anilines is 2. The van der Waals surface area contributed by atoms with E-state index in [1.807, 2.05) is 18.2 Å². The first-order valence-electron chi connectivity index (χ1n) is 9.42. The largest absolute Gasteiger partial charge is 0.371 e. The van der Waals surface area contributed by atoms with Crippen LogP contribution in [0.25, 0.3) is 0 Å². The number of urea groups is 1. The predicted octanol–water partition coefficient (Wildman–Crippen LogP) is 2.90. The first-order valence-corrected chi connectivity index (χ1v) is 9.42. The molecule has 4 rings (SSSR count). The molecule has 2 aliphatic rings. The van der Waals surface area contributed by atoms with Crippen LogP contribution >= 0.6 is 0 Å². The summed E-state index contributed by atoms with van der Waals surface area (Å²) in [5.41, 5.74) is 3.73. The summed E-state index contributed by atoms with van der Waals surface area (Å²) in [7, 11) is 0. The number of benzene rings is 2. The zero-order valence-corrected chi connectivity index (χ0v) is 15.7. The molecule has 2 aromatic carbocycles. The molecule has 0 aromatic heterocycles. The van der Waals surface area contributed by atoms with Crippen LogP contribution in [0.4, 0.5) is 21.9 Å². The maximum Gasteiger partial charge on any atom is 0.341 e. The quantitative estimate of drug-likeness (QED) is 0.614. The fourth-order valence-corrected chi connectivity index (χ4v) is 3.99. The molecule has 0 unspecified atom stereocenters. The van der Waals surface area contributed by atoms with Crippen molar-refractivity contribution in [1.82, 2.24) is 10.4 Å². The summed E-state index contributed by atoms with van der Waals surface area (Å²) in [6, 6.07) is 15.2. The van der Waals surface area contributed by atoms with Gasteiger partial charge >= 0.3 is 6.03 Å². The Morgan fingerprint density at radius 3 is 2.34 bits per heavy atom. The summed E-state index contributed by atoms with van der Waals surface area (Å²) < 4.78 is 0. The highest BCUT2D eigenvalue weighted by atomic mass is 16.6. The number of nitrogens with zero attached hydrogens (tertiary/aromatic N) is 3. The first kappa shape index (κ1) is 18.7. The summed E-state index contributed by atoms with van der Waals surface area (Å²) in [6.07, 6.45) is 1.50. The van der Waals surface area contributed by atoms with E-state index in [1.54, 1.807) is 24.3 Å². The van der Waals surface area contributed by atoms with E-state index >= 15 is 0 Å². The van der Waals surface area contributed by atoms with E-state index in [9.17, 15) is 19.7 Å². The van der Waals surface area contributed by atoms with Gasteiger partial charge in [0.25, 0.3) is 5.69 Å². The van der Waals surface area contributed by atoms with Crippen molar-refractivity contribution in [1.29, 1.82) is 0 Å². The van der Waals surface area contributed by atoms with Gasteiger partial charge in [0.05, 0.1) is 16.9 Å². The van der Waals surface area contributed by atoms with Gasteiger partial charge in [-0.3, -0.25) is 20.3 Å². The zero-order valence-electron chi connectivity index (χ0n) is 15.7. The van der Waals surface area contributed by atoms with E-state index in [0.29, 0.717) is 31.6 Å². The maximum absolute atomic E-state index is 12.8. The van der Waals surface area contributed by atoms with Crippen LogP contribution in [-0.4, -0.2) is 40.5 Å². The molecule has 29 heavy (non-hydrogen) atoms. The molecule has 0 aliphatic carbocycles. The van der Waals surface area contributed by atoms with E-state index < -0.39 is 10.5 Å². The van der Waals surface area contributed by atoms with Crippen molar-refractivity contribution in [3.05, 3.63) is 64.7 Å². The third-order valence-electron chi connectivity index (χ3n) is 5.55. The Balaban J connectivity index is 1.45. The minimum Gasteiger partial charge on any atom is -0.371 e. The van der Waals surface area contributed by atoms with Gasteiger partial charge in [-0.1, -0.05) is 18.2 Å².